The maximum absolute atomic E-state index is 11.4. The van der Waals surface area contributed by atoms with Gasteiger partial charge in [-0.05, 0) is 18.4 Å². The molecule has 16 heavy (non-hydrogen) atoms. The van der Waals surface area contributed by atoms with Gasteiger partial charge >= 0.3 is 5.97 Å². The second kappa shape index (κ2) is 7.91. The van der Waals surface area contributed by atoms with Crippen molar-refractivity contribution >= 4 is 5.97 Å². The first-order valence-electron chi connectivity index (χ1n) is 6.02. The second-order valence-electron chi connectivity index (χ2n) is 3.91. The van der Waals surface area contributed by atoms with Crippen LogP contribution in [0.3, 0.4) is 0 Å². The van der Waals surface area contributed by atoms with Gasteiger partial charge < -0.3 is 4.74 Å². The Bertz CT molecular complexity index is 293. The molecule has 0 fully saturated rings. The van der Waals surface area contributed by atoms with E-state index in [1.165, 1.54) is 5.56 Å². The molecule has 0 heterocycles. The van der Waals surface area contributed by atoms with Gasteiger partial charge in [0, 0.05) is 6.42 Å². The summed E-state index contributed by atoms with van der Waals surface area (Å²) in [5.74, 6) is -0.0834. The van der Waals surface area contributed by atoms with E-state index in [1.54, 1.807) is 0 Å². The van der Waals surface area contributed by atoms with Gasteiger partial charge in [-0.3, -0.25) is 4.79 Å². The standard InChI is InChI=1S/C14H20O2/c1-2-3-7-12-16-14(15)11-10-13-8-5-4-6-9-13/h4-6,8-9H,2-3,7,10-12H2,1H3. The lowest BCUT2D eigenvalue weighted by atomic mass is 10.1. The topological polar surface area (TPSA) is 26.3 Å². The lowest BCUT2D eigenvalue weighted by molar-refractivity contribution is -0.143. The summed E-state index contributed by atoms with van der Waals surface area (Å²) in [5.41, 5.74) is 1.19. The lowest BCUT2D eigenvalue weighted by Crippen LogP contribution is -2.06. The van der Waals surface area contributed by atoms with Crippen molar-refractivity contribution in [1.29, 1.82) is 0 Å². The van der Waals surface area contributed by atoms with Crippen molar-refractivity contribution in [2.24, 2.45) is 0 Å². The van der Waals surface area contributed by atoms with Crippen molar-refractivity contribution in [2.45, 2.75) is 39.0 Å². The normalized spacial score (nSPS) is 10.1. The number of ether oxygens (including phenoxy) is 1. The second-order valence-corrected chi connectivity index (χ2v) is 3.91. The van der Waals surface area contributed by atoms with Crippen LogP contribution in [0, 0.1) is 0 Å². The molecule has 0 spiro atoms. The van der Waals surface area contributed by atoms with E-state index in [1.807, 2.05) is 30.3 Å². The summed E-state index contributed by atoms with van der Waals surface area (Å²) in [6.07, 6.45) is 4.52. The highest BCUT2D eigenvalue weighted by molar-refractivity contribution is 5.69. The fourth-order valence-electron chi connectivity index (χ4n) is 1.50. The van der Waals surface area contributed by atoms with E-state index in [0.717, 1.165) is 25.7 Å². The first-order valence-corrected chi connectivity index (χ1v) is 6.02. The average molecular weight is 220 g/mol. The fraction of sp³-hybridized carbons (Fsp3) is 0.500. The molecule has 0 radical (unpaired) electrons. The van der Waals surface area contributed by atoms with Crippen molar-refractivity contribution in [3.63, 3.8) is 0 Å². The third-order valence-electron chi connectivity index (χ3n) is 2.47. The molecule has 0 aliphatic carbocycles. The predicted octanol–water partition coefficient (Wildman–Crippen LogP) is 3.35. The maximum Gasteiger partial charge on any atom is 0.306 e. The lowest BCUT2D eigenvalue weighted by Gasteiger charge is -2.04. The van der Waals surface area contributed by atoms with Crippen LogP contribution in [0.25, 0.3) is 0 Å². The monoisotopic (exact) mass is 220 g/mol. The van der Waals surface area contributed by atoms with E-state index >= 15 is 0 Å². The van der Waals surface area contributed by atoms with Gasteiger partial charge in [-0.25, -0.2) is 0 Å². The predicted molar refractivity (Wildman–Crippen MR) is 65.2 cm³/mol. The van der Waals surface area contributed by atoms with Gasteiger partial charge in [0.25, 0.3) is 0 Å². The van der Waals surface area contributed by atoms with Gasteiger partial charge in [-0.1, -0.05) is 50.1 Å². The third-order valence-corrected chi connectivity index (χ3v) is 2.47. The highest BCUT2D eigenvalue weighted by Crippen LogP contribution is 2.03. The Balaban J connectivity index is 2.11. The summed E-state index contributed by atoms with van der Waals surface area (Å²) in [6, 6.07) is 10.0. The Morgan fingerprint density at radius 3 is 2.62 bits per heavy atom. The summed E-state index contributed by atoms with van der Waals surface area (Å²) in [6.45, 7) is 2.71. The van der Waals surface area contributed by atoms with E-state index in [2.05, 4.69) is 6.92 Å². The maximum atomic E-state index is 11.4. The van der Waals surface area contributed by atoms with Crippen molar-refractivity contribution < 1.29 is 9.53 Å². The SMILES string of the molecule is CCCCCOC(=O)CCc1ccccc1. The van der Waals surface area contributed by atoms with Crippen LogP contribution in [-0.4, -0.2) is 12.6 Å². The van der Waals surface area contributed by atoms with Crippen LogP contribution in [-0.2, 0) is 16.0 Å². The van der Waals surface area contributed by atoms with Crippen LogP contribution in [0.15, 0.2) is 30.3 Å². The Kier molecular flexibility index (Phi) is 6.31. The number of rotatable bonds is 7. The molecule has 0 N–H and O–H groups in total. The summed E-state index contributed by atoms with van der Waals surface area (Å²) in [7, 11) is 0. The Hall–Kier alpha value is -1.31. The Morgan fingerprint density at radius 2 is 1.94 bits per heavy atom. The molecule has 0 atom stereocenters. The molecule has 1 aromatic rings. The fourth-order valence-corrected chi connectivity index (χ4v) is 1.50. The highest BCUT2D eigenvalue weighted by atomic mass is 16.5. The molecular formula is C14H20O2. The minimum atomic E-state index is -0.0834. The number of carbonyl (C=O) groups excluding carboxylic acids is 1. The molecule has 1 aromatic carbocycles. The van der Waals surface area contributed by atoms with Crippen LogP contribution in [0.4, 0.5) is 0 Å². The summed E-state index contributed by atoms with van der Waals surface area (Å²) < 4.78 is 5.13. The van der Waals surface area contributed by atoms with Gasteiger partial charge in [0.2, 0.25) is 0 Å². The van der Waals surface area contributed by atoms with Crippen LogP contribution >= 0.6 is 0 Å². The van der Waals surface area contributed by atoms with E-state index in [-0.39, 0.29) is 5.97 Å². The summed E-state index contributed by atoms with van der Waals surface area (Å²) in [4.78, 5) is 11.4. The molecule has 0 aromatic heterocycles. The van der Waals surface area contributed by atoms with E-state index < -0.39 is 0 Å². The Morgan fingerprint density at radius 1 is 1.19 bits per heavy atom. The summed E-state index contributed by atoms with van der Waals surface area (Å²) in [5, 5.41) is 0. The highest BCUT2D eigenvalue weighted by Gasteiger charge is 2.02. The Labute approximate surface area is 97.6 Å². The van der Waals surface area contributed by atoms with Crippen molar-refractivity contribution in [3.05, 3.63) is 35.9 Å². The number of hydrogen-bond acceptors (Lipinski definition) is 2. The quantitative estimate of drug-likeness (QED) is 0.520. The molecule has 1 rings (SSSR count). The first kappa shape index (κ1) is 12.8. The van der Waals surface area contributed by atoms with E-state index in [9.17, 15) is 4.79 Å². The summed E-state index contributed by atoms with van der Waals surface area (Å²) >= 11 is 0. The number of benzene rings is 1. The molecule has 0 aliphatic heterocycles. The first-order chi connectivity index (χ1) is 7.83. The van der Waals surface area contributed by atoms with Crippen LogP contribution < -0.4 is 0 Å². The number of carbonyl (C=O) groups is 1. The molecule has 0 amide bonds. The molecular weight excluding hydrogens is 200 g/mol. The van der Waals surface area contributed by atoms with E-state index in [0.29, 0.717) is 13.0 Å². The molecule has 0 unspecified atom stereocenters. The van der Waals surface area contributed by atoms with Gasteiger partial charge in [-0.2, -0.15) is 0 Å². The largest absolute Gasteiger partial charge is 0.466 e. The molecule has 0 bridgehead atoms. The van der Waals surface area contributed by atoms with Gasteiger partial charge in [0.05, 0.1) is 6.61 Å². The van der Waals surface area contributed by atoms with Crippen LogP contribution in [0.1, 0.15) is 38.2 Å². The molecule has 2 heteroatoms. The number of esters is 1. The number of aryl methyl sites for hydroxylation is 1. The number of hydrogen-bond donors (Lipinski definition) is 0. The van der Waals surface area contributed by atoms with Crippen molar-refractivity contribution in [1.82, 2.24) is 0 Å². The molecule has 0 aliphatic rings. The van der Waals surface area contributed by atoms with Gasteiger partial charge in [0.15, 0.2) is 0 Å². The zero-order valence-corrected chi connectivity index (χ0v) is 9.95. The zero-order chi connectivity index (χ0) is 11.6. The minimum absolute atomic E-state index is 0.0834. The smallest absolute Gasteiger partial charge is 0.306 e. The van der Waals surface area contributed by atoms with E-state index in [4.69, 9.17) is 4.74 Å². The van der Waals surface area contributed by atoms with Crippen molar-refractivity contribution in [2.75, 3.05) is 6.61 Å². The van der Waals surface area contributed by atoms with Crippen molar-refractivity contribution in [3.8, 4) is 0 Å². The minimum Gasteiger partial charge on any atom is -0.466 e. The van der Waals surface area contributed by atoms with Gasteiger partial charge in [-0.15, -0.1) is 0 Å². The van der Waals surface area contributed by atoms with Crippen LogP contribution in [0.5, 0.6) is 0 Å². The third kappa shape index (κ3) is 5.54. The molecule has 0 saturated carbocycles. The number of unbranched alkanes of at least 4 members (excludes halogenated alkanes) is 2. The molecule has 88 valence electrons. The molecule has 2 nitrogen and oxygen atoms in total. The van der Waals surface area contributed by atoms with Gasteiger partial charge in [0.1, 0.15) is 0 Å². The zero-order valence-electron chi connectivity index (χ0n) is 9.95. The average Bonchev–Trinajstić information content (AvgIpc) is 2.33. The van der Waals surface area contributed by atoms with Crippen LogP contribution in [0.2, 0.25) is 0 Å². The molecule has 0 saturated heterocycles.